The van der Waals surface area contributed by atoms with E-state index in [1.54, 1.807) is 0 Å². The van der Waals surface area contributed by atoms with Gasteiger partial charge in [-0.3, -0.25) is 0 Å². The van der Waals surface area contributed by atoms with Crippen molar-refractivity contribution in [2.75, 3.05) is 19.8 Å². The summed E-state index contributed by atoms with van der Waals surface area (Å²) in [7, 11) is 0. The lowest BCUT2D eigenvalue weighted by Gasteiger charge is -2.34. The van der Waals surface area contributed by atoms with Crippen LogP contribution in [0.5, 0.6) is 0 Å². The number of hydrogen-bond donors (Lipinski definition) is 0. The topological polar surface area (TPSA) is 27.7 Å². The van der Waals surface area contributed by atoms with Gasteiger partial charge in [-0.15, -0.1) is 0 Å². The van der Waals surface area contributed by atoms with Gasteiger partial charge in [0.15, 0.2) is 0 Å². The molecule has 0 spiro atoms. The molecule has 0 aromatic heterocycles. The molecule has 13 heteroatoms. The van der Waals surface area contributed by atoms with Gasteiger partial charge in [0, 0.05) is 0 Å². The van der Waals surface area contributed by atoms with E-state index in [0.29, 0.717) is 0 Å². The zero-order valence-electron chi connectivity index (χ0n) is 15.7. The minimum Gasteiger partial charge on any atom is -0.372 e. The highest BCUT2D eigenvalue weighted by Gasteiger charge is 2.72. The quantitative estimate of drug-likeness (QED) is 0.404. The summed E-state index contributed by atoms with van der Waals surface area (Å²) in [5.41, 5.74) is -1.78. The molecular formula is C15H22F10O3. The van der Waals surface area contributed by atoms with Crippen molar-refractivity contribution < 1.29 is 58.1 Å². The lowest BCUT2D eigenvalue weighted by molar-refractivity contribution is -0.385. The molecule has 0 atom stereocenters. The minimum absolute atomic E-state index is 0.990. The van der Waals surface area contributed by atoms with Crippen molar-refractivity contribution in [2.24, 2.45) is 0 Å². The van der Waals surface area contributed by atoms with Gasteiger partial charge < -0.3 is 14.2 Å². The molecule has 0 saturated carbocycles. The molecular weight excluding hydrogens is 418 g/mol. The zero-order chi connectivity index (χ0) is 22.8. The van der Waals surface area contributed by atoms with Gasteiger partial charge in [0.25, 0.3) is 0 Å². The van der Waals surface area contributed by atoms with Crippen LogP contribution in [-0.4, -0.2) is 61.3 Å². The van der Waals surface area contributed by atoms with Crippen molar-refractivity contribution in [2.45, 2.75) is 76.1 Å². The Kier molecular flexibility index (Phi) is 8.26. The summed E-state index contributed by atoms with van der Waals surface area (Å²) in [6.45, 7) is -1.89. The first-order valence-electron chi connectivity index (χ1n) is 7.87. The Morgan fingerprint density at radius 3 is 1.43 bits per heavy atom. The second-order valence-electron chi connectivity index (χ2n) is 7.27. The monoisotopic (exact) mass is 440 g/mol. The summed E-state index contributed by atoms with van der Waals surface area (Å²) >= 11 is 0. The molecule has 0 heterocycles. The molecule has 0 aliphatic carbocycles. The molecule has 0 aliphatic heterocycles. The van der Waals surface area contributed by atoms with Crippen LogP contribution >= 0.6 is 0 Å². The standard InChI is InChI=1S/C15H22F10O3/c1-9(2)27-8-12(18,19)14(22,23)11(16,17)6-26-7-13(20,21)15(24,25)28-10(3,4)5/h9H,6-8H2,1-5H3. The van der Waals surface area contributed by atoms with E-state index in [1.165, 1.54) is 13.8 Å². The molecule has 0 saturated heterocycles. The summed E-state index contributed by atoms with van der Waals surface area (Å²) in [5.74, 6) is -22.3. The molecule has 0 amide bonds. The van der Waals surface area contributed by atoms with Crippen LogP contribution in [0.2, 0.25) is 0 Å². The van der Waals surface area contributed by atoms with Gasteiger partial charge in [0.1, 0.15) is 19.8 Å². The van der Waals surface area contributed by atoms with E-state index in [0.717, 1.165) is 20.8 Å². The molecule has 0 aromatic rings. The molecule has 3 nitrogen and oxygen atoms in total. The highest BCUT2D eigenvalue weighted by atomic mass is 19.3. The predicted octanol–water partition coefficient (Wildman–Crippen LogP) is 5.38. The maximum absolute atomic E-state index is 13.5. The molecule has 28 heavy (non-hydrogen) atoms. The first-order valence-corrected chi connectivity index (χ1v) is 7.87. The predicted molar refractivity (Wildman–Crippen MR) is 77.5 cm³/mol. The van der Waals surface area contributed by atoms with Crippen molar-refractivity contribution in [3.8, 4) is 0 Å². The van der Waals surface area contributed by atoms with Crippen LogP contribution in [0, 0.1) is 0 Å². The third-order valence-corrected chi connectivity index (χ3v) is 2.94. The Balaban J connectivity index is 5.12. The Morgan fingerprint density at radius 2 is 1.04 bits per heavy atom. The Bertz CT molecular complexity index is 501. The third-order valence-electron chi connectivity index (χ3n) is 2.94. The van der Waals surface area contributed by atoms with E-state index in [2.05, 4.69) is 14.2 Å². The summed E-state index contributed by atoms with van der Waals surface area (Å²) in [6, 6.07) is 0. The lowest BCUT2D eigenvalue weighted by atomic mass is 10.1. The summed E-state index contributed by atoms with van der Waals surface area (Å²) in [4.78, 5) is 0. The fourth-order valence-electron chi connectivity index (χ4n) is 1.57. The molecule has 170 valence electrons. The Morgan fingerprint density at radius 1 is 0.643 bits per heavy atom. The second-order valence-corrected chi connectivity index (χ2v) is 7.27. The summed E-state index contributed by atoms with van der Waals surface area (Å²) in [6.07, 6.45) is -6.19. The van der Waals surface area contributed by atoms with Crippen LogP contribution in [0.25, 0.3) is 0 Å². The lowest BCUT2D eigenvalue weighted by Crippen LogP contribution is -2.58. The molecule has 0 N–H and O–H groups in total. The normalized spacial score (nSPS) is 15.4. The van der Waals surface area contributed by atoms with Crippen LogP contribution in [0.4, 0.5) is 43.9 Å². The fourth-order valence-corrected chi connectivity index (χ4v) is 1.57. The molecule has 0 fully saturated rings. The fraction of sp³-hybridized carbons (Fsp3) is 1.00. The van der Waals surface area contributed by atoms with E-state index in [4.69, 9.17) is 0 Å². The number of halogens is 10. The highest BCUT2D eigenvalue weighted by Crippen LogP contribution is 2.46. The zero-order valence-corrected chi connectivity index (χ0v) is 15.7. The van der Waals surface area contributed by atoms with E-state index < -0.39 is 61.3 Å². The molecule has 0 radical (unpaired) electrons. The average molecular weight is 440 g/mol. The van der Waals surface area contributed by atoms with Crippen molar-refractivity contribution in [1.29, 1.82) is 0 Å². The van der Waals surface area contributed by atoms with Crippen molar-refractivity contribution in [3.63, 3.8) is 0 Å². The maximum atomic E-state index is 13.5. The number of hydrogen-bond acceptors (Lipinski definition) is 3. The van der Waals surface area contributed by atoms with Crippen LogP contribution in [-0.2, 0) is 14.2 Å². The van der Waals surface area contributed by atoms with Crippen LogP contribution in [0.15, 0.2) is 0 Å². The molecule has 0 aromatic carbocycles. The first-order chi connectivity index (χ1) is 12.1. The molecule has 0 rings (SSSR count). The number of ether oxygens (including phenoxy) is 3. The van der Waals surface area contributed by atoms with Gasteiger partial charge in [-0.2, -0.15) is 43.9 Å². The van der Waals surface area contributed by atoms with Gasteiger partial charge in [0.2, 0.25) is 0 Å². The van der Waals surface area contributed by atoms with Gasteiger partial charge in [-0.1, -0.05) is 0 Å². The molecule has 0 bridgehead atoms. The average Bonchev–Trinajstić information content (AvgIpc) is 2.41. The van der Waals surface area contributed by atoms with Crippen molar-refractivity contribution >= 4 is 0 Å². The number of rotatable bonds is 11. The Hall–Kier alpha value is -0.820. The van der Waals surface area contributed by atoms with Gasteiger partial charge >= 0.3 is 29.8 Å². The maximum Gasteiger partial charge on any atom is 0.422 e. The van der Waals surface area contributed by atoms with Gasteiger partial charge in [-0.25, -0.2) is 0 Å². The van der Waals surface area contributed by atoms with Crippen LogP contribution < -0.4 is 0 Å². The van der Waals surface area contributed by atoms with Gasteiger partial charge in [-0.05, 0) is 34.6 Å². The van der Waals surface area contributed by atoms with Crippen molar-refractivity contribution in [3.05, 3.63) is 0 Å². The number of alkyl halides is 10. The Labute approximate surface area is 155 Å². The third kappa shape index (κ3) is 6.90. The van der Waals surface area contributed by atoms with Gasteiger partial charge in [0.05, 0.1) is 11.7 Å². The van der Waals surface area contributed by atoms with Crippen LogP contribution in [0.1, 0.15) is 34.6 Å². The summed E-state index contributed by atoms with van der Waals surface area (Å²) < 4.78 is 146. The minimum atomic E-state index is -6.06. The van der Waals surface area contributed by atoms with E-state index in [1.807, 2.05) is 0 Å². The van der Waals surface area contributed by atoms with E-state index in [-0.39, 0.29) is 0 Å². The summed E-state index contributed by atoms with van der Waals surface area (Å²) in [5, 5.41) is 0. The highest BCUT2D eigenvalue weighted by molar-refractivity contribution is 4.96. The molecule has 0 aliphatic rings. The molecule has 0 unspecified atom stereocenters. The van der Waals surface area contributed by atoms with E-state index >= 15 is 0 Å². The first kappa shape index (κ1) is 27.2. The SMILES string of the molecule is CC(C)OCC(F)(F)C(F)(F)C(F)(F)COCC(F)(F)C(F)(F)OC(C)(C)C. The van der Waals surface area contributed by atoms with E-state index in [9.17, 15) is 43.9 Å². The largest absolute Gasteiger partial charge is 0.422 e. The second kappa shape index (κ2) is 8.50. The van der Waals surface area contributed by atoms with Crippen molar-refractivity contribution in [1.82, 2.24) is 0 Å². The smallest absolute Gasteiger partial charge is 0.372 e. The van der Waals surface area contributed by atoms with Crippen LogP contribution in [0.3, 0.4) is 0 Å².